The van der Waals surface area contributed by atoms with Crippen LogP contribution in [0.15, 0.2) is 17.4 Å². The molecule has 0 radical (unpaired) electrons. The molecule has 1 N–H and O–H groups in total. The Balaban J connectivity index is 0.00000225. The molecule has 0 spiro atoms. The molecule has 142 valence electrons. The minimum Gasteiger partial charge on any atom is -0.381 e. The van der Waals surface area contributed by atoms with E-state index in [9.17, 15) is 0 Å². The van der Waals surface area contributed by atoms with Crippen LogP contribution in [-0.2, 0) is 16.5 Å². The number of hydrogen-bond donors (Lipinski definition) is 1. The Kier molecular flexibility index (Phi) is 7.51. The number of aliphatic imine (C=N–C) groups is 1. The number of hydrogen-bond acceptors (Lipinski definition) is 4. The average Bonchev–Trinajstić information content (AvgIpc) is 3.21. The fourth-order valence-electron chi connectivity index (χ4n) is 3.18. The zero-order valence-corrected chi connectivity index (χ0v) is 17.7. The molecule has 0 saturated carbocycles. The lowest BCUT2D eigenvalue weighted by molar-refractivity contribution is -0.00811. The van der Waals surface area contributed by atoms with Crippen molar-refractivity contribution < 1.29 is 9.47 Å². The van der Waals surface area contributed by atoms with Crippen molar-refractivity contribution in [3.63, 3.8) is 0 Å². The molecule has 1 aromatic heterocycles. The largest absolute Gasteiger partial charge is 0.381 e. The van der Waals surface area contributed by atoms with Gasteiger partial charge in [-0.25, -0.2) is 0 Å². The first-order chi connectivity index (χ1) is 11.6. The molecule has 2 unspecified atom stereocenters. The van der Waals surface area contributed by atoms with Crippen LogP contribution in [0.3, 0.4) is 0 Å². The maximum Gasteiger partial charge on any atom is 0.194 e. The highest BCUT2D eigenvalue weighted by molar-refractivity contribution is 14.0. The number of nitrogens with one attached hydrogen (secondary N) is 1. The Morgan fingerprint density at radius 2 is 2.32 bits per heavy atom. The number of aromatic nitrogens is 2. The highest BCUT2D eigenvalue weighted by atomic mass is 127. The molecule has 2 saturated heterocycles. The highest BCUT2D eigenvalue weighted by Crippen LogP contribution is 2.28. The number of morpholine rings is 1. The van der Waals surface area contributed by atoms with Gasteiger partial charge >= 0.3 is 0 Å². The molecule has 8 heteroatoms. The molecular formula is C17H30IN5O2. The molecule has 3 heterocycles. The van der Waals surface area contributed by atoms with Crippen LogP contribution in [0.2, 0.25) is 0 Å². The smallest absolute Gasteiger partial charge is 0.194 e. The van der Waals surface area contributed by atoms with Gasteiger partial charge in [0.05, 0.1) is 32.5 Å². The van der Waals surface area contributed by atoms with Crippen LogP contribution < -0.4 is 5.32 Å². The quantitative estimate of drug-likeness (QED) is 0.419. The molecule has 0 aliphatic carbocycles. The maximum atomic E-state index is 5.94. The summed E-state index contributed by atoms with van der Waals surface area (Å²) in [5, 5.41) is 7.68. The second kappa shape index (κ2) is 9.18. The van der Waals surface area contributed by atoms with Crippen LogP contribution in [0, 0.1) is 5.41 Å². The topological polar surface area (TPSA) is 63.9 Å². The third kappa shape index (κ3) is 5.30. The van der Waals surface area contributed by atoms with E-state index in [1.54, 1.807) is 0 Å². The van der Waals surface area contributed by atoms with E-state index >= 15 is 0 Å². The fraction of sp³-hybridized carbons (Fsp3) is 0.765. The van der Waals surface area contributed by atoms with Gasteiger partial charge in [-0.1, -0.05) is 6.92 Å². The van der Waals surface area contributed by atoms with Crippen molar-refractivity contribution >= 4 is 29.9 Å². The molecule has 2 atom stereocenters. The van der Waals surface area contributed by atoms with Crippen LogP contribution in [0.4, 0.5) is 0 Å². The summed E-state index contributed by atoms with van der Waals surface area (Å²) in [5.74, 6) is 0.975. The Morgan fingerprint density at radius 3 is 2.96 bits per heavy atom. The Hall–Kier alpha value is -0.870. The van der Waals surface area contributed by atoms with Gasteiger partial charge in [-0.15, -0.1) is 24.0 Å². The monoisotopic (exact) mass is 463 g/mol. The number of guanidine groups is 1. The second-order valence-electron chi connectivity index (χ2n) is 7.04. The minimum atomic E-state index is 0. The lowest BCUT2D eigenvalue weighted by Crippen LogP contribution is -2.48. The molecule has 0 amide bonds. The van der Waals surface area contributed by atoms with Crippen molar-refractivity contribution in [3.8, 4) is 0 Å². The van der Waals surface area contributed by atoms with E-state index in [1.807, 2.05) is 24.1 Å². The first kappa shape index (κ1) is 20.4. The summed E-state index contributed by atoms with van der Waals surface area (Å²) in [5.41, 5.74) is 1.28. The third-order valence-corrected chi connectivity index (χ3v) is 4.71. The van der Waals surface area contributed by atoms with Crippen LogP contribution in [0.5, 0.6) is 0 Å². The lowest BCUT2D eigenvalue weighted by Gasteiger charge is -2.35. The van der Waals surface area contributed by atoms with Crippen molar-refractivity contribution in [1.29, 1.82) is 0 Å². The van der Waals surface area contributed by atoms with E-state index in [2.05, 4.69) is 29.2 Å². The predicted octanol–water partition coefficient (Wildman–Crippen LogP) is 1.80. The van der Waals surface area contributed by atoms with Gasteiger partial charge in [0.2, 0.25) is 0 Å². The van der Waals surface area contributed by atoms with Gasteiger partial charge in [0, 0.05) is 43.9 Å². The van der Waals surface area contributed by atoms with Crippen LogP contribution in [-0.4, -0.2) is 66.6 Å². The average molecular weight is 463 g/mol. The number of nitrogens with zero attached hydrogens (tertiary/aromatic N) is 4. The Labute approximate surface area is 167 Å². The fourth-order valence-corrected chi connectivity index (χ4v) is 3.18. The summed E-state index contributed by atoms with van der Waals surface area (Å²) in [7, 11) is 1.93. The molecule has 25 heavy (non-hydrogen) atoms. The van der Waals surface area contributed by atoms with Gasteiger partial charge in [-0.2, -0.15) is 5.10 Å². The molecule has 2 aliphatic rings. The normalized spacial score (nSPS) is 27.2. The van der Waals surface area contributed by atoms with Crippen LogP contribution in [0.1, 0.15) is 31.9 Å². The van der Waals surface area contributed by atoms with Gasteiger partial charge < -0.3 is 19.7 Å². The SMILES string of the molecule is CCNC(=NCC1(C)CCOC1)N1CCOC(c2cnn(C)c2)C1.I. The van der Waals surface area contributed by atoms with Gasteiger partial charge in [-0.3, -0.25) is 9.67 Å². The van der Waals surface area contributed by atoms with Gasteiger partial charge in [0.25, 0.3) is 0 Å². The van der Waals surface area contributed by atoms with Crippen LogP contribution >= 0.6 is 24.0 Å². The third-order valence-electron chi connectivity index (χ3n) is 4.71. The number of halogens is 1. The molecular weight excluding hydrogens is 433 g/mol. The first-order valence-electron chi connectivity index (χ1n) is 8.81. The lowest BCUT2D eigenvalue weighted by atomic mass is 9.90. The van der Waals surface area contributed by atoms with E-state index in [1.165, 1.54) is 0 Å². The molecule has 2 aliphatic heterocycles. The van der Waals surface area contributed by atoms with E-state index in [0.717, 1.165) is 57.3 Å². The molecule has 3 rings (SSSR count). The number of ether oxygens (including phenoxy) is 2. The minimum absolute atomic E-state index is 0. The highest BCUT2D eigenvalue weighted by Gasteiger charge is 2.30. The van der Waals surface area contributed by atoms with Crippen molar-refractivity contribution in [3.05, 3.63) is 18.0 Å². The summed E-state index contributed by atoms with van der Waals surface area (Å²) < 4.78 is 13.3. The number of rotatable bonds is 4. The van der Waals surface area contributed by atoms with Gasteiger partial charge in [0.1, 0.15) is 6.10 Å². The zero-order valence-electron chi connectivity index (χ0n) is 15.4. The molecule has 0 bridgehead atoms. The zero-order chi connectivity index (χ0) is 17.0. The van der Waals surface area contributed by atoms with E-state index in [0.29, 0.717) is 6.61 Å². The summed E-state index contributed by atoms with van der Waals surface area (Å²) in [4.78, 5) is 7.19. The van der Waals surface area contributed by atoms with Gasteiger partial charge in [-0.05, 0) is 13.3 Å². The first-order valence-corrected chi connectivity index (χ1v) is 8.81. The molecule has 2 fully saturated rings. The molecule has 7 nitrogen and oxygen atoms in total. The van der Waals surface area contributed by atoms with E-state index < -0.39 is 0 Å². The van der Waals surface area contributed by atoms with E-state index in [-0.39, 0.29) is 35.5 Å². The summed E-state index contributed by atoms with van der Waals surface area (Å²) in [6.07, 6.45) is 5.03. The van der Waals surface area contributed by atoms with Gasteiger partial charge in [0.15, 0.2) is 5.96 Å². The van der Waals surface area contributed by atoms with Crippen molar-refractivity contribution in [2.24, 2.45) is 17.5 Å². The predicted molar refractivity (Wildman–Crippen MR) is 108 cm³/mol. The second-order valence-corrected chi connectivity index (χ2v) is 7.04. The number of aryl methyl sites for hydroxylation is 1. The summed E-state index contributed by atoms with van der Waals surface area (Å²) in [6.45, 7) is 10.0. The Bertz CT molecular complexity index is 571. The van der Waals surface area contributed by atoms with Crippen molar-refractivity contribution in [1.82, 2.24) is 20.0 Å². The van der Waals surface area contributed by atoms with Crippen molar-refractivity contribution in [2.45, 2.75) is 26.4 Å². The molecule has 1 aromatic rings. The Morgan fingerprint density at radius 1 is 1.48 bits per heavy atom. The summed E-state index contributed by atoms with van der Waals surface area (Å²) in [6, 6.07) is 0. The summed E-state index contributed by atoms with van der Waals surface area (Å²) >= 11 is 0. The standard InChI is InChI=1S/C17H29N5O2.HI/c1-4-18-16(19-12-17(2)5-7-23-13-17)22-6-8-24-15(11-22)14-9-20-21(3)10-14;/h9-10,15H,4-8,11-13H2,1-3H3,(H,18,19);1H. The maximum absolute atomic E-state index is 5.94. The van der Waals surface area contributed by atoms with Crippen LogP contribution in [0.25, 0.3) is 0 Å². The molecule has 0 aromatic carbocycles. The van der Waals surface area contributed by atoms with Crippen molar-refractivity contribution in [2.75, 3.05) is 46.0 Å². The van der Waals surface area contributed by atoms with E-state index in [4.69, 9.17) is 14.5 Å².